The molecule has 4 nitrogen and oxygen atoms in total. The van der Waals surface area contributed by atoms with E-state index in [0.717, 1.165) is 32.3 Å². The van der Waals surface area contributed by atoms with Gasteiger partial charge in [-0.05, 0) is 48.9 Å². The minimum atomic E-state index is -0.268. The second-order valence-corrected chi connectivity index (χ2v) is 8.67. The first-order valence-electron chi connectivity index (χ1n) is 9.16. The number of nitrogens with one attached hydrogen (secondary N) is 1. The highest BCUT2D eigenvalue weighted by Crippen LogP contribution is 2.37. The Labute approximate surface area is 186 Å². The highest BCUT2D eigenvalue weighted by Gasteiger charge is 2.19. The number of benzene rings is 3. The first-order chi connectivity index (χ1) is 14.5. The maximum Gasteiger partial charge on any atom is 0.267 e. The molecular formula is C23H14Cl2N2O2S. The summed E-state index contributed by atoms with van der Waals surface area (Å²) in [5.74, 6) is 0.245. The number of anilines is 1. The van der Waals surface area contributed by atoms with Crippen LogP contribution in [0.4, 0.5) is 5.69 Å². The molecule has 0 bridgehead atoms. The van der Waals surface area contributed by atoms with Gasteiger partial charge in [-0.25, -0.2) is 4.98 Å². The monoisotopic (exact) mass is 452 g/mol. The van der Waals surface area contributed by atoms with Crippen LogP contribution < -0.4 is 5.32 Å². The molecule has 0 atom stereocenters. The lowest BCUT2D eigenvalue weighted by Gasteiger charge is -2.10. The van der Waals surface area contributed by atoms with E-state index in [1.807, 2.05) is 61.5 Å². The summed E-state index contributed by atoms with van der Waals surface area (Å²) in [7, 11) is 0. The van der Waals surface area contributed by atoms with Crippen LogP contribution >= 0.6 is 34.5 Å². The van der Waals surface area contributed by atoms with Crippen molar-refractivity contribution in [3.8, 4) is 11.5 Å². The number of rotatable bonds is 3. The molecule has 0 saturated carbocycles. The Morgan fingerprint density at radius 3 is 2.73 bits per heavy atom. The average Bonchev–Trinajstić information content (AvgIpc) is 3.30. The fourth-order valence-electron chi connectivity index (χ4n) is 3.35. The number of fused-ring (bicyclic) bond motifs is 2. The van der Waals surface area contributed by atoms with Gasteiger partial charge in [-0.3, -0.25) is 4.79 Å². The average molecular weight is 453 g/mol. The van der Waals surface area contributed by atoms with Crippen molar-refractivity contribution in [3.05, 3.63) is 81.1 Å². The van der Waals surface area contributed by atoms with Crippen molar-refractivity contribution in [1.82, 2.24) is 4.98 Å². The van der Waals surface area contributed by atoms with E-state index >= 15 is 0 Å². The lowest BCUT2D eigenvalue weighted by atomic mass is 10.1. The maximum atomic E-state index is 13.0. The highest BCUT2D eigenvalue weighted by atomic mass is 35.5. The van der Waals surface area contributed by atoms with Crippen LogP contribution in [0.2, 0.25) is 10.0 Å². The van der Waals surface area contributed by atoms with E-state index in [1.165, 1.54) is 11.3 Å². The fourth-order valence-corrected chi connectivity index (χ4v) is 5.04. The number of carbonyl (C=O) groups excluding carboxylic acids is 1. The summed E-state index contributed by atoms with van der Waals surface area (Å²) < 4.78 is 6.76. The second-order valence-electron chi connectivity index (χ2n) is 6.80. The van der Waals surface area contributed by atoms with Gasteiger partial charge < -0.3 is 9.73 Å². The van der Waals surface area contributed by atoms with E-state index in [9.17, 15) is 4.79 Å². The van der Waals surface area contributed by atoms with Crippen LogP contribution in [0.3, 0.4) is 0 Å². The van der Waals surface area contributed by atoms with Gasteiger partial charge in [-0.2, -0.15) is 0 Å². The van der Waals surface area contributed by atoms with Gasteiger partial charge in [0.25, 0.3) is 5.91 Å². The molecule has 0 aliphatic carbocycles. The van der Waals surface area contributed by atoms with E-state index in [2.05, 4.69) is 10.3 Å². The van der Waals surface area contributed by atoms with E-state index in [0.29, 0.717) is 26.5 Å². The number of oxazole rings is 1. The van der Waals surface area contributed by atoms with E-state index in [-0.39, 0.29) is 5.91 Å². The largest absolute Gasteiger partial charge is 0.436 e. The molecule has 5 aromatic rings. The zero-order valence-corrected chi connectivity index (χ0v) is 18.0. The summed E-state index contributed by atoms with van der Waals surface area (Å²) >= 11 is 13.8. The minimum Gasteiger partial charge on any atom is -0.436 e. The number of carbonyl (C=O) groups is 1. The molecular weight excluding hydrogens is 439 g/mol. The lowest BCUT2D eigenvalue weighted by Crippen LogP contribution is -2.12. The molecule has 0 spiro atoms. The Kier molecular flexibility index (Phi) is 4.74. The predicted molar refractivity (Wildman–Crippen MR) is 124 cm³/mol. The Bertz CT molecular complexity index is 1410. The standard InChI is InChI=1S/C23H14Cl2N2O2S/c1-12-14(23-27-17-6-2-3-8-18(17)29-23)5-4-7-16(12)26-22(28)21-20(25)15-10-9-13(24)11-19(15)30-21/h2-11H,1H3,(H,26,28). The Hall–Kier alpha value is -2.86. The van der Waals surface area contributed by atoms with Crippen LogP contribution in [0.15, 0.2) is 65.1 Å². The molecule has 7 heteroatoms. The number of nitrogens with zero attached hydrogens (tertiary/aromatic N) is 1. The summed E-state index contributed by atoms with van der Waals surface area (Å²) in [6, 6.07) is 18.6. The van der Waals surface area contributed by atoms with E-state index in [4.69, 9.17) is 27.6 Å². The summed E-state index contributed by atoms with van der Waals surface area (Å²) in [6.45, 7) is 1.92. The van der Waals surface area contributed by atoms with Crippen molar-refractivity contribution in [3.63, 3.8) is 0 Å². The summed E-state index contributed by atoms with van der Waals surface area (Å²) in [5.41, 5.74) is 3.86. The maximum absolute atomic E-state index is 13.0. The first kappa shape index (κ1) is 19.1. The molecule has 3 aromatic carbocycles. The molecule has 0 radical (unpaired) electrons. The Balaban J connectivity index is 1.50. The van der Waals surface area contributed by atoms with Crippen LogP contribution in [0.5, 0.6) is 0 Å². The Morgan fingerprint density at radius 1 is 1.07 bits per heavy atom. The number of aromatic nitrogens is 1. The number of halogens is 2. The molecule has 2 heterocycles. The van der Waals surface area contributed by atoms with Gasteiger partial charge in [0.05, 0.1) is 5.02 Å². The normalized spacial score (nSPS) is 11.3. The van der Waals surface area contributed by atoms with Crippen molar-refractivity contribution in [2.45, 2.75) is 6.92 Å². The number of hydrogen-bond acceptors (Lipinski definition) is 4. The quantitative estimate of drug-likeness (QED) is 0.306. The summed E-state index contributed by atoms with van der Waals surface area (Å²) in [6.07, 6.45) is 0. The number of para-hydroxylation sites is 2. The van der Waals surface area contributed by atoms with Gasteiger partial charge in [0.1, 0.15) is 10.4 Å². The second kappa shape index (κ2) is 7.43. The molecule has 148 valence electrons. The predicted octanol–water partition coefficient (Wildman–Crippen LogP) is 7.58. The highest BCUT2D eigenvalue weighted by molar-refractivity contribution is 7.21. The van der Waals surface area contributed by atoms with Gasteiger partial charge in [-0.15, -0.1) is 11.3 Å². The minimum absolute atomic E-state index is 0.268. The van der Waals surface area contributed by atoms with Crippen LogP contribution in [-0.4, -0.2) is 10.9 Å². The topological polar surface area (TPSA) is 55.1 Å². The third-order valence-corrected chi connectivity index (χ3v) is 6.80. The van der Waals surface area contributed by atoms with Crippen LogP contribution in [0.1, 0.15) is 15.2 Å². The number of amides is 1. The van der Waals surface area contributed by atoms with Gasteiger partial charge in [0.2, 0.25) is 5.89 Å². The summed E-state index contributed by atoms with van der Waals surface area (Å²) in [5, 5.41) is 4.82. The van der Waals surface area contributed by atoms with E-state index < -0.39 is 0 Å². The van der Waals surface area contributed by atoms with Crippen LogP contribution in [0.25, 0.3) is 32.6 Å². The number of hydrogen-bond donors (Lipinski definition) is 1. The lowest BCUT2D eigenvalue weighted by molar-refractivity contribution is 0.103. The van der Waals surface area contributed by atoms with Gasteiger partial charge in [0.15, 0.2) is 5.58 Å². The van der Waals surface area contributed by atoms with Crippen molar-refractivity contribution in [2.75, 3.05) is 5.32 Å². The van der Waals surface area contributed by atoms with Gasteiger partial charge >= 0.3 is 0 Å². The molecule has 0 unspecified atom stereocenters. The molecule has 1 N–H and O–H groups in total. The van der Waals surface area contributed by atoms with Crippen molar-refractivity contribution < 1.29 is 9.21 Å². The molecule has 0 saturated heterocycles. The van der Waals surface area contributed by atoms with Crippen LogP contribution in [0, 0.1) is 6.92 Å². The molecule has 2 aromatic heterocycles. The first-order valence-corrected chi connectivity index (χ1v) is 10.7. The zero-order valence-electron chi connectivity index (χ0n) is 15.7. The van der Waals surface area contributed by atoms with Crippen molar-refractivity contribution >= 4 is 67.3 Å². The third kappa shape index (κ3) is 3.25. The fraction of sp³-hybridized carbons (Fsp3) is 0.0435. The van der Waals surface area contributed by atoms with Gasteiger partial charge in [0, 0.05) is 26.4 Å². The van der Waals surface area contributed by atoms with Gasteiger partial charge in [-0.1, -0.05) is 47.5 Å². The smallest absolute Gasteiger partial charge is 0.267 e. The molecule has 5 rings (SSSR count). The SMILES string of the molecule is Cc1c(NC(=O)c2sc3cc(Cl)ccc3c2Cl)cccc1-c1nc2ccccc2o1. The van der Waals surface area contributed by atoms with Crippen molar-refractivity contribution in [2.24, 2.45) is 0 Å². The molecule has 1 amide bonds. The molecule has 0 aliphatic heterocycles. The molecule has 0 fully saturated rings. The Morgan fingerprint density at radius 2 is 1.90 bits per heavy atom. The zero-order chi connectivity index (χ0) is 20.8. The summed E-state index contributed by atoms with van der Waals surface area (Å²) in [4.78, 5) is 18.0. The van der Waals surface area contributed by atoms with Crippen molar-refractivity contribution in [1.29, 1.82) is 0 Å². The molecule has 30 heavy (non-hydrogen) atoms. The van der Waals surface area contributed by atoms with E-state index in [1.54, 1.807) is 6.07 Å². The number of thiophene rings is 1. The van der Waals surface area contributed by atoms with Crippen LogP contribution in [-0.2, 0) is 0 Å². The third-order valence-electron chi connectivity index (χ3n) is 4.90. The molecule has 0 aliphatic rings.